The molecule has 0 spiro atoms. The van der Waals surface area contributed by atoms with Crippen molar-refractivity contribution in [3.63, 3.8) is 0 Å². The second kappa shape index (κ2) is 6.23. The molecule has 0 bridgehead atoms. The van der Waals surface area contributed by atoms with Crippen LogP contribution in [0.3, 0.4) is 0 Å². The number of carbonyl (C=O) groups excluding carboxylic acids is 1. The first-order valence-electron chi connectivity index (χ1n) is 9.46. The zero-order chi connectivity index (χ0) is 18.4. The van der Waals surface area contributed by atoms with E-state index in [-0.39, 0.29) is 11.7 Å². The van der Waals surface area contributed by atoms with Crippen LogP contribution in [0.15, 0.2) is 65.9 Å². The third-order valence-corrected chi connectivity index (χ3v) is 5.58. The molecule has 1 aliphatic carbocycles. The Hall–Kier alpha value is -3.14. The van der Waals surface area contributed by atoms with E-state index < -0.39 is 0 Å². The number of H-pyrrole nitrogens is 1. The Morgan fingerprint density at radius 2 is 1.78 bits per heavy atom. The zero-order valence-electron chi connectivity index (χ0n) is 15.3. The van der Waals surface area contributed by atoms with Crippen LogP contribution in [-0.2, 0) is 4.79 Å². The molecule has 2 aliphatic rings. The van der Waals surface area contributed by atoms with Gasteiger partial charge in [-0.25, -0.2) is 0 Å². The highest BCUT2D eigenvalue weighted by atomic mass is 16.1. The van der Waals surface area contributed by atoms with Crippen molar-refractivity contribution in [2.24, 2.45) is 0 Å². The van der Waals surface area contributed by atoms with Gasteiger partial charge in [0.25, 0.3) is 0 Å². The van der Waals surface area contributed by atoms with E-state index in [2.05, 4.69) is 58.8 Å². The quantitative estimate of drug-likeness (QED) is 0.684. The fourth-order valence-corrected chi connectivity index (χ4v) is 4.26. The van der Waals surface area contributed by atoms with Crippen LogP contribution in [0.25, 0.3) is 11.3 Å². The minimum atomic E-state index is -0.0846. The number of ketones is 1. The van der Waals surface area contributed by atoms with E-state index in [1.807, 2.05) is 18.2 Å². The Morgan fingerprint density at radius 3 is 2.56 bits per heavy atom. The maximum Gasteiger partial charge on any atom is 0.161 e. The molecular weight excluding hydrogens is 334 g/mol. The number of nitrogens with zero attached hydrogens (tertiary/aromatic N) is 1. The average molecular weight is 355 g/mol. The van der Waals surface area contributed by atoms with E-state index in [1.165, 1.54) is 5.56 Å². The Labute approximate surface area is 158 Å². The van der Waals surface area contributed by atoms with Gasteiger partial charge in [-0.3, -0.25) is 9.89 Å². The van der Waals surface area contributed by atoms with Crippen molar-refractivity contribution in [3.05, 3.63) is 82.6 Å². The summed E-state index contributed by atoms with van der Waals surface area (Å²) in [6.07, 6.45) is 2.42. The number of rotatable bonds is 2. The Kier molecular flexibility index (Phi) is 3.71. The van der Waals surface area contributed by atoms with Gasteiger partial charge >= 0.3 is 0 Å². The van der Waals surface area contributed by atoms with Gasteiger partial charge in [-0.1, -0.05) is 60.2 Å². The number of nitrogens with one attached hydrogen (secondary N) is 2. The molecule has 1 aromatic heterocycles. The molecule has 3 aromatic rings. The maximum atomic E-state index is 12.9. The first kappa shape index (κ1) is 16.1. The van der Waals surface area contributed by atoms with E-state index in [0.29, 0.717) is 6.42 Å². The predicted octanol–water partition coefficient (Wildman–Crippen LogP) is 4.95. The molecule has 134 valence electrons. The molecule has 4 nitrogen and oxygen atoms in total. The first-order valence-corrected chi connectivity index (χ1v) is 9.46. The van der Waals surface area contributed by atoms with Gasteiger partial charge in [0.05, 0.1) is 5.69 Å². The number of aryl methyl sites for hydroxylation is 1. The molecule has 0 saturated carbocycles. The van der Waals surface area contributed by atoms with Gasteiger partial charge in [0.15, 0.2) is 11.6 Å². The summed E-state index contributed by atoms with van der Waals surface area (Å²) in [5.74, 6) is 1.01. The van der Waals surface area contributed by atoms with Crippen LogP contribution < -0.4 is 5.32 Å². The number of hydrogen-bond acceptors (Lipinski definition) is 3. The van der Waals surface area contributed by atoms with Crippen LogP contribution in [0.2, 0.25) is 0 Å². The summed E-state index contributed by atoms with van der Waals surface area (Å²) in [5.41, 5.74) is 7.44. The lowest BCUT2D eigenvalue weighted by molar-refractivity contribution is -0.116. The van der Waals surface area contributed by atoms with Crippen molar-refractivity contribution in [3.8, 4) is 11.3 Å². The third-order valence-electron chi connectivity index (χ3n) is 5.58. The van der Waals surface area contributed by atoms with E-state index in [1.54, 1.807) is 0 Å². The summed E-state index contributed by atoms with van der Waals surface area (Å²) in [6.45, 7) is 2.08. The Balaban J connectivity index is 1.75. The van der Waals surface area contributed by atoms with E-state index in [9.17, 15) is 4.79 Å². The van der Waals surface area contributed by atoms with Gasteiger partial charge in [-0.15, -0.1) is 0 Å². The average Bonchev–Trinajstić information content (AvgIpc) is 3.12. The maximum absolute atomic E-state index is 12.9. The number of allylic oxidation sites excluding steroid dienone is 2. The van der Waals surface area contributed by atoms with Gasteiger partial charge in [-0.2, -0.15) is 5.10 Å². The highest BCUT2D eigenvalue weighted by molar-refractivity contribution is 6.01. The molecule has 0 saturated heterocycles. The minimum Gasteiger partial charge on any atom is -0.342 e. The predicted molar refractivity (Wildman–Crippen MR) is 107 cm³/mol. The summed E-state index contributed by atoms with van der Waals surface area (Å²) < 4.78 is 0. The fourth-order valence-electron chi connectivity index (χ4n) is 4.26. The van der Waals surface area contributed by atoms with Crippen molar-refractivity contribution in [2.45, 2.75) is 32.1 Å². The smallest absolute Gasteiger partial charge is 0.161 e. The van der Waals surface area contributed by atoms with Crippen LogP contribution >= 0.6 is 0 Å². The van der Waals surface area contributed by atoms with Gasteiger partial charge < -0.3 is 5.32 Å². The minimum absolute atomic E-state index is 0.0846. The van der Waals surface area contributed by atoms with Gasteiger partial charge in [0.2, 0.25) is 0 Å². The number of Topliss-reactive ketones (excluding diaryl/α,β-unsaturated/α-hetero) is 1. The first-order chi connectivity index (χ1) is 13.2. The zero-order valence-corrected chi connectivity index (χ0v) is 15.3. The van der Waals surface area contributed by atoms with Gasteiger partial charge in [-0.05, 0) is 30.9 Å². The summed E-state index contributed by atoms with van der Waals surface area (Å²) >= 11 is 0. The lowest BCUT2D eigenvalue weighted by Crippen LogP contribution is -2.26. The molecule has 1 atom stereocenters. The molecule has 2 heterocycles. The molecule has 1 aliphatic heterocycles. The lowest BCUT2D eigenvalue weighted by atomic mass is 9.75. The highest BCUT2D eigenvalue weighted by Gasteiger charge is 2.38. The Morgan fingerprint density at radius 1 is 1.00 bits per heavy atom. The topological polar surface area (TPSA) is 57.8 Å². The van der Waals surface area contributed by atoms with E-state index in [0.717, 1.165) is 52.3 Å². The normalized spacial score (nSPS) is 18.7. The fraction of sp³-hybridized carbons (Fsp3) is 0.217. The molecule has 5 rings (SSSR count). The molecule has 0 fully saturated rings. The molecule has 0 amide bonds. The molecule has 2 aromatic carbocycles. The summed E-state index contributed by atoms with van der Waals surface area (Å²) in [6, 6.07) is 18.7. The largest absolute Gasteiger partial charge is 0.342 e. The van der Waals surface area contributed by atoms with Crippen LogP contribution in [0.5, 0.6) is 0 Å². The van der Waals surface area contributed by atoms with Crippen LogP contribution in [0.4, 0.5) is 5.82 Å². The Bertz CT molecular complexity index is 1040. The number of aromatic amines is 1. The van der Waals surface area contributed by atoms with E-state index >= 15 is 0 Å². The van der Waals surface area contributed by atoms with Crippen molar-refractivity contribution in [2.75, 3.05) is 5.32 Å². The summed E-state index contributed by atoms with van der Waals surface area (Å²) in [7, 11) is 0. The van der Waals surface area contributed by atoms with Crippen molar-refractivity contribution >= 4 is 11.6 Å². The lowest BCUT2D eigenvalue weighted by Gasteiger charge is -2.32. The molecule has 4 heteroatoms. The molecule has 27 heavy (non-hydrogen) atoms. The summed E-state index contributed by atoms with van der Waals surface area (Å²) in [5, 5.41) is 11.2. The van der Waals surface area contributed by atoms with Crippen LogP contribution in [0, 0.1) is 6.92 Å². The standard InChI is InChI=1S/C23H21N3O/c1-14-10-12-15(13-11-14)19-20-17(8-5-9-18(20)27)24-23-21(19)22(25-26-23)16-6-3-2-4-7-16/h2-4,6-7,10-13,19H,5,8-9H2,1H3,(H2,24,25,26)/t19-/m0/s1. The SMILES string of the molecule is Cc1ccc([C@H]2C3=C(CCCC3=O)Nc3n[nH]c(-c4ccccc4)c32)cc1. The van der Waals surface area contributed by atoms with Crippen molar-refractivity contribution < 1.29 is 4.79 Å². The second-order valence-corrected chi connectivity index (χ2v) is 7.36. The van der Waals surface area contributed by atoms with Crippen molar-refractivity contribution in [1.29, 1.82) is 0 Å². The molecule has 0 radical (unpaired) electrons. The van der Waals surface area contributed by atoms with Crippen molar-refractivity contribution in [1.82, 2.24) is 10.2 Å². The van der Waals surface area contributed by atoms with Gasteiger partial charge in [0, 0.05) is 29.2 Å². The number of fused-ring (bicyclic) bond motifs is 1. The third kappa shape index (κ3) is 2.60. The molecule has 2 N–H and O–H groups in total. The number of carbonyl (C=O) groups is 1. The van der Waals surface area contributed by atoms with Crippen LogP contribution in [-0.4, -0.2) is 16.0 Å². The van der Waals surface area contributed by atoms with Gasteiger partial charge in [0.1, 0.15) is 0 Å². The van der Waals surface area contributed by atoms with E-state index in [4.69, 9.17) is 0 Å². The molecular formula is C23H21N3O. The summed E-state index contributed by atoms with van der Waals surface area (Å²) in [4.78, 5) is 12.9. The highest BCUT2D eigenvalue weighted by Crippen LogP contribution is 2.47. The monoisotopic (exact) mass is 355 g/mol. The number of anilines is 1. The molecule has 0 unspecified atom stereocenters. The second-order valence-electron chi connectivity index (χ2n) is 7.36. The van der Waals surface area contributed by atoms with Crippen LogP contribution in [0.1, 0.15) is 41.9 Å². The number of hydrogen-bond donors (Lipinski definition) is 2. The number of benzene rings is 2. The number of aromatic nitrogens is 2.